The molecule has 0 radical (unpaired) electrons. The Kier molecular flexibility index (Phi) is 78.2. The van der Waals surface area contributed by atoms with Crippen LogP contribution in [0, 0.1) is 0 Å². The van der Waals surface area contributed by atoms with E-state index in [2.05, 4.69) is 2.85 Å². The van der Waals surface area contributed by atoms with Gasteiger partial charge in [-0.1, -0.05) is 0 Å². The molecule has 0 rings (SSSR count). The van der Waals surface area contributed by atoms with E-state index in [-0.39, 0.29) is 50.9 Å². The molecule has 5 heteroatoms. The van der Waals surface area contributed by atoms with Crippen LogP contribution in [-0.4, -0.2) is 6.61 Å². The molecule has 0 aliphatic rings. The molecular weight excluding hydrogens is 458 g/mol. The minimum Gasteiger partial charge on any atom is -1.00 e. The first-order valence-corrected chi connectivity index (χ1v) is 2.67. The molecule has 0 bridgehead atoms. The zero-order chi connectivity index (χ0) is 3.41. The summed E-state index contributed by atoms with van der Waals surface area (Å²) in [6.07, 6.45) is 0. The third-order valence-electron chi connectivity index (χ3n) is 0.144. The van der Waals surface area contributed by atoms with E-state index >= 15 is 0 Å². The molecular formula is C2H5Br3HfO. The van der Waals surface area contributed by atoms with Gasteiger partial charge in [0.05, 0.1) is 0 Å². The number of halogens is 3. The molecule has 0 heterocycles. The van der Waals surface area contributed by atoms with E-state index in [4.69, 9.17) is 0 Å². The summed E-state index contributed by atoms with van der Waals surface area (Å²) >= 11 is 0.890. The molecule has 0 spiro atoms. The first kappa shape index (κ1) is 22.8. The summed E-state index contributed by atoms with van der Waals surface area (Å²) in [4.78, 5) is 0. The van der Waals surface area contributed by atoms with Crippen LogP contribution in [0.15, 0.2) is 0 Å². The molecule has 0 aliphatic carbocycles. The number of rotatable bonds is 1. The Morgan fingerprint density at radius 3 is 1.43 bits per heavy atom. The van der Waals surface area contributed by atoms with Crippen molar-refractivity contribution in [2.75, 3.05) is 6.61 Å². The van der Waals surface area contributed by atoms with Gasteiger partial charge in [-0.25, -0.2) is 0 Å². The molecule has 0 aliphatic heterocycles. The zero-order valence-electron chi connectivity index (χ0n) is 3.75. The molecule has 1 nitrogen and oxygen atoms in total. The van der Waals surface area contributed by atoms with Crippen molar-refractivity contribution in [1.29, 1.82) is 0 Å². The number of hydrogen-bond donors (Lipinski definition) is 0. The van der Waals surface area contributed by atoms with Gasteiger partial charge in [0, 0.05) is 0 Å². The van der Waals surface area contributed by atoms with E-state index < -0.39 is 0 Å². The summed E-state index contributed by atoms with van der Waals surface area (Å²) in [5.74, 6) is 0. The summed E-state index contributed by atoms with van der Waals surface area (Å²) in [5, 5.41) is 0. The Labute approximate surface area is 91.1 Å². The van der Waals surface area contributed by atoms with Gasteiger partial charge in [-0.2, -0.15) is 0 Å². The van der Waals surface area contributed by atoms with Gasteiger partial charge in [0.2, 0.25) is 0 Å². The second-order valence-electron chi connectivity index (χ2n) is 0.433. The van der Waals surface area contributed by atoms with Crippen LogP contribution in [0.3, 0.4) is 0 Å². The summed E-state index contributed by atoms with van der Waals surface area (Å²) in [6.45, 7) is 2.87. The quantitative estimate of drug-likeness (QED) is 0.352. The van der Waals surface area contributed by atoms with Gasteiger partial charge < -0.3 is 50.9 Å². The van der Waals surface area contributed by atoms with Crippen LogP contribution in [-0.2, 0) is 27.7 Å². The van der Waals surface area contributed by atoms with Crippen LogP contribution in [0.25, 0.3) is 0 Å². The van der Waals surface area contributed by atoms with Gasteiger partial charge in [0.15, 0.2) is 0 Å². The van der Waals surface area contributed by atoms with Crippen molar-refractivity contribution in [3.05, 3.63) is 0 Å². The predicted molar refractivity (Wildman–Crippen MR) is 11.6 cm³/mol. The smallest absolute Gasteiger partial charge is 1.00 e. The van der Waals surface area contributed by atoms with Crippen molar-refractivity contribution < 1.29 is 78.6 Å². The van der Waals surface area contributed by atoms with Crippen LogP contribution in [0.2, 0.25) is 0 Å². The van der Waals surface area contributed by atoms with Crippen molar-refractivity contribution in [2.45, 2.75) is 6.92 Å². The largest absolute Gasteiger partial charge is 1.00 e. The van der Waals surface area contributed by atoms with E-state index in [9.17, 15) is 0 Å². The summed E-state index contributed by atoms with van der Waals surface area (Å²) in [5.41, 5.74) is 0. The Bertz CT molecular complexity index is 14.9. The van der Waals surface area contributed by atoms with Gasteiger partial charge >= 0.3 is 41.2 Å². The Hall–Kier alpha value is 2.27. The molecule has 0 atom stereocenters. The first-order valence-electron chi connectivity index (χ1n) is 1.20. The Morgan fingerprint density at radius 1 is 1.29 bits per heavy atom. The number of hydrogen-bond acceptors (Lipinski definition) is 1. The molecule has 0 aromatic carbocycles. The van der Waals surface area contributed by atoms with Gasteiger partial charge in [0.1, 0.15) is 0 Å². The monoisotopic (exact) mass is 462 g/mol. The van der Waals surface area contributed by atoms with Crippen molar-refractivity contribution in [3.63, 3.8) is 0 Å². The van der Waals surface area contributed by atoms with E-state index in [1.54, 1.807) is 0 Å². The normalized spacial score (nSPS) is 4.43. The Morgan fingerprint density at radius 2 is 1.43 bits per heavy atom. The van der Waals surface area contributed by atoms with E-state index in [0.717, 1.165) is 31.4 Å². The standard InChI is InChI=1S/C2H5O.3BrH.Hf/c1-2-3;;;;/h2H2,1H3;3*1H;/q-1;;;;+4/p-3. The van der Waals surface area contributed by atoms with E-state index in [0.29, 0.717) is 0 Å². The predicted octanol–water partition coefficient (Wildman–Crippen LogP) is -8.50. The van der Waals surface area contributed by atoms with Gasteiger partial charge in [0.25, 0.3) is 0 Å². The average molecular weight is 463 g/mol. The molecule has 0 saturated carbocycles. The maximum absolute atomic E-state index is 4.68. The maximum Gasteiger partial charge on any atom is -1.00 e. The fourth-order valence-electron chi connectivity index (χ4n) is 0. The van der Waals surface area contributed by atoms with Gasteiger partial charge in [-0.15, -0.1) is 0 Å². The van der Waals surface area contributed by atoms with Crippen molar-refractivity contribution in [2.24, 2.45) is 0 Å². The van der Waals surface area contributed by atoms with Crippen LogP contribution in [0.1, 0.15) is 6.92 Å². The average Bonchev–Trinajstić information content (AvgIpc) is 1.37. The van der Waals surface area contributed by atoms with Crippen LogP contribution >= 0.6 is 0 Å². The zero-order valence-corrected chi connectivity index (χ0v) is 12.1. The summed E-state index contributed by atoms with van der Waals surface area (Å²) in [7, 11) is 0. The van der Waals surface area contributed by atoms with Gasteiger partial charge in [-0.05, 0) is 0 Å². The van der Waals surface area contributed by atoms with Crippen LogP contribution in [0.4, 0.5) is 0 Å². The SMILES string of the molecule is CC[O][Hf+3].[Br-].[Br-].[Br-]. The second kappa shape index (κ2) is 24.0. The first-order chi connectivity index (χ1) is 1.91. The molecule has 0 fully saturated rings. The third kappa shape index (κ3) is 30.4. The van der Waals surface area contributed by atoms with Crippen LogP contribution in [0.5, 0.6) is 0 Å². The minimum absolute atomic E-state index is 0. The fourth-order valence-corrected chi connectivity index (χ4v) is 0. The summed E-state index contributed by atoms with van der Waals surface area (Å²) < 4.78 is 4.68. The van der Waals surface area contributed by atoms with E-state index in [1.807, 2.05) is 6.92 Å². The third-order valence-corrected chi connectivity index (χ3v) is 1.18. The van der Waals surface area contributed by atoms with Crippen molar-refractivity contribution >= 4 is 0 Å². The summed E-state index contributed by atoms with van der Waals surface area (Å²) in [6, 6.07) is 0. The van der Waals surface area contributed by atoms with Crippen LogP contribution < -0.4 is 50.9 Å². The van der Waals surface area contributed by atoms with E-state index in [1.165, 1.54) is 0 Å². The maximum atomic E-state index is 4.68. The minimum atomic E-state index is 0. The van der Waals surface area contributed by atoms with Crippen molar-refractivity contribution in [3.8, 4) is 0 Å². The molecule has 0 aromatic rings. The van der Waals surface area contributed by atoms with Crippen molar-refractivity contribution in [1.82, 2.24) is 0 Å². The molecule has 0 amide bonds. The van der Waals surface area contributed by atoms with Gasteiger partial charge in [-0.3, -0.25) is 0 Å². The molecule has 44 valence electrons. The molecule has 0 saturated heterocycles. The second-order valence-corrected chi connectivity index (χ2v) is 1.47. The molecule has 0 N–H and O–H groups in total. The molecule has 7 heavy (non-hydrogen) atoms. The molecule has 0 aromatic heterocycles. The topological polar surface area (TPSA) is 9.23 Å². The Balaban J connectivity index is -0.0000000150. The molecule has 0 unspecified atom stereocenters. The fraction of sp³-hybridized carbons (Fsp3) is 1.00.